The summed E-state index contributed by atoms with van der Waals surface area (Å²) in [6.45, 7) is 8.25. The number of carbonyl (C=O) groups is 1. The molecule has 0 bridgehead atoms. The number of ether oxygens (including phenoxy) is 1. The van der Waals surface area contributed by atoms with E-state index in [1.807, 2.05) is 20.8 Å². The minimum Gasteiger partial charge on any atom is -0.465 e. The highest BCUT2D eigenvalue weighted by Crippen LogP contribution is 2.23. The summed E-state index contributed by atoms with van der Waals surface area (Å²) in [6.07, 6.45) is 0. The number of carbonyl (C=O) groups excluding carboxylic acids is 1. The van der Waals surface area contributed by atoms with Gasteiger partial charge >= 0.3 is 11.7 Å². The number of esters is 1. The largest absolute Gasteiger partial charge is 0.465 e. The fraction of sp³-hybridized carbons (Fsp3) is 0.588. The first kappa shape index (κ1) is 18.9. The maximum absolute atomic E-state index is 13.0. The van der Waals surface area contributed by atoms with Crippen LogP contribution in [-0.2, 0) is 29.7 Å². The molecule has 27 heavy (non-hydrogen) atoms. The van der Waals surface area contributed by atoms with Crippen LogP contribution in [0.25, 0.3) is 11.2 Å². The van der Waals surface area contributed by atoms with E-state index in [-0.39, 0.29) is 30.3 Å². The van der Waals surface area contributed by atoms with Crippen LogP contribution in [0.3, 0.4) is 0 Å². The third-order valence-electron chi connectivity index (χ3n) is 4.25. The molecule has 2 aromatic rings. The van der Waals surface area contributed by atoms with Crippen molar-refractivity contribution in [3.8, 4) is 0 Å². The number of hydrogen-bond acceptors (Lipinski definition) is 7. The minimum atomic E-state index is -0.444. The smallest absolute Gasteiger partial charge is 0.332 e. The second-order valence-electron chi connectivity index (χ2n) is 7.02. The lowest BCUT2D eigenvalue weighted by Gasteiger charge is -2.23. The third-order valence-corrected chi connectivity index (χ3v) is 4.25. The number of hydrogen-bond donors (Lipinski definition) is 0. The standard InChI is InChI=1S/C17H24N6O4/c1-6-27-12(24)9-23-16-18-14-13(21(16)8-11(4)19-23)15(25)22(7-10(2)3)17(26)20(14)5/h10H,6-9H2,1-5H3. The minimum absolute atomic E-state index is 0.122. The molecule has 10 nitrogen and oxygen atoms in total. The molecule has 0 unspecified atom stereocenters. The summed E-state index contributed by atoms with van der Waals surface area (Å²) in [5.41, 5.74) is 0.530. The number of rotatable bonds is 5. The molecule has 1 aliphatic heterocycles. The predicted octanol–water partition coefficient (Wildman–Crippen LogP) is 0.312. The van der Waals surface area contributed by atoms with Gasteiger partial charge in [0, 0.05) is 13.6 Å². The molecule has 10 heteroatoms. The summed E-state index contributed by atoms with van der Waals surface area (Å²) in [7, 11) is 1.59. The van der Waals surface area contributed by atoms with Gasteiger partial charge in [-0.15, -0.1) is 0 Å². The average molecular weight is 376 g/mol. The van der Waals surface area contributed by atoms with Gasteiger partial charge in [0.05, 0.1) is 18.9 Å². The van der Waals surface area contributed by atoms with Crippen LogP contribution in [0.2, 0.25) is 0 Å². The first-order valence-electron chi connectivity index (χ1n) is 8.91. The molecule has 0 spiro atoms. The number of anilines is 1. The van der Waals surface area contributed by atoms with Crippen LogP contribution in [0, 0.1) is 5.92 Å². The van der Waals surface area contributed by atoms with E-state index in [0.717, 1.165) is 5.71 Å². The highest BCUT2D eigenvalue weighted by Gasteiger charge is 2.28. The van der Waals surface area contributed by atoms with Crippen molar-refractivity contribution >= 4 is 28.8 Å². The number of hydrazone groups is 1. The lowest BCUT2D eigenvalue weighted by Crippen LogP contribution is -2.41. The van der Waals surface area contributed by atoms with E-state index in [1.165, 1.54) is 14.1 Å². The molecule has 1 aliphatic rings. The average Bonchev–Trinajstić information content (AvgIpc) is 2.96. The van der Waals surface area contributed by atoms with E-state index >= 15 is 0 Å². The van der Waals surface area contributed by atoms with Gasteiger partial charge in [-0.1, -0.05) is 13.8 Å². The highest BCUT2D eigenvalue weighted by molar-refractivity contribution is 5.89. The second-order valence-corrected chi connectivity index (χ2v) is 7.02. The van der Waals surface area contributed by atoms with Crippen molar-refractivity contribution in [1.82, 2.24) is 18.7 Å². The van der Waals surface area contributed by atoms with Gasteiger partial charge in [0.2, 0.25) is 5.95 Å². The molecule has 0 N–H and O–H groups in total. The Hall–Kier alpha value is -2.91. The van der Waals surface area contributed by atoms with E-state index in [0.29, 0.717) is 24.6 Å². The Morgan fingerprint density at radius 1 is 1.30 bits per heavy atom. The molecular weight excluding hydrogens is 352 g/mol. The Kier molecular flexibility index (Phi) is 4.90. The van der Waals surface area contributed by atoms with Gasteiger partial charge in [-0.2, -0.15) is 10.1 Å². The van der Waals surface area contributed by atoms with Crippen molar-refractivity contribution in [2.45, 2.75) is 40.8 Å². The van der Waals surface area contributed by atoms with E-state index in [2.05, 4.69) is 10.1 Å². The predicted molar refractivity (Wildman–Crippen MR) is 101 cm³/mol. The lowest BCUT2D eigenvalue weighted by atomic mass is 10.2. The molecule has 146 valence electrons. The molecule has 0 aliphatic carbocycles. The Balaban J connectivity index is 2.21. The first-order valence-corrected chi connectivity index (χ1v) is 8.91. The Morgan fingerprint density at radius 2 is 2.00 bits per heavy atom. The zero-order chi connectivity index (χ0) is 19.9. The molecule has 3 heterocycles. The van der Waals surface area contributed by atoms with Crippen LogP contribution in [0.15, 0.2) is 14.7 Å². The molecule has 0 saturated carbocycles. The number of aryl methyl sites for hydroxylation is 1. The molecule has 0 fully saturated rings. The molecule has 2 aromatic heterocycles. The van der Waals surface area contributed by atoms with Gasteiger partial charge in [0.25, 0.3) is 5.56 Å². The number of imidazole rings is 1. The third kappa shape index (κ3) is 3.26. The molecule has 0 radical (unpaired) electrons. The SMILES string of the molecule is CCOC(=O)CN1N=C(C)Cn2c1nc1c2c(=O)n(CC(C)C)c(=O)n1C. The van der Waals surface area contributed by atoms with Crippen molar-refractivity contribution < 1.29 is 9.53 Å². The molecule has 3 rings (SSSR count). The van der Waals surface area contributed by atoms with Gasteiger partial charge < -0.3 is 4.74 Å². The summed E-state index contributed by atoms with van der Waals surface area (Å²) in [4.78, 5) is 42.0. The lowest BCUT2D eigenvalue weighted by molar-refractivity contribution is -0.141. The van der Waals surface area contributed by atoms with Crippen LogP contribution in [0.1, 0.15) is 27.7 Å². The Labute approximate surface area is 155 Å². The van der Waals surface area contributed by atoms with Crippen LogP contribution in [0.4, 0.5) is 5.95 Å². The number of aromatic nitrogens is 4. The number of fused-ring (bicyclic) bond motifs is 3. The maximum atomic E-state index is 13.0. The van der Waals surface area contributed by atoms with Gasteiger partial charge in [0.15, 0.2) is 11.2 Å². The summed E-state index contributed by atoms with van der Waals surface area (Å²) in [5, 5.41) is 5.77. The van der Waals surface area contributed by atoms with Crippen molar-refractivity contribution in [1.29, 1.82) is 0 Å². The molecule has 0 saturated heterocycles. The monoisotopic (exact) mass is 376 g/mol. The zero-order valence-electron chi connectivity index (χ0n) is 16.2. The van der Waals surface area contributed by atoms with E-state index < -0.39 is 11.7 Å². The highest BCUT2D eigenvalue weighted by atomic mass is 16.5. The van der Waals surface area contributed by atoms with Gasteiger partial charge in [-0.05, 0) is 19.8 Å². The first-order chi connectivity index (χ1) is 12.7. The number of nitrogens with zero attached hydrogens (tertiary/aromatic N) is 6. The fourth-order valence-electron chi connectivity index (χ4n) is 3.18. The van der Waals surface area contributed by atoms with Crippen molar-refractivity contribution in [2.24, 2.45) is 18.1 Å². The van der Waals surface area contributed by atoms with Crippen LogP contribution in [0.5, 0.6) is 0 Å². The summed E-state index contributed by atoms with van der Waals surface area (Å²) < 4.78 is 9.29. The molecule has 0 aromatic carbocycles. The van der Waals surface area contributed by atoms with E-state index in [1.54, 1.807) is 18.5 Å². The molecule has 0 amide bonds. The van der Waals surface area contributed by atoms with Crippen molar-refractivity contribution in [3.05, 3.63) is 20.8 Å². The Morgan fingerprint density at radius 3 is 2.63 bits per heavy atom. The van der Waals surface area contributed by atoms with Crippen molar-refractivity contribution in [2.75, 3.05) is 18.2 Å². The van der Waals surface area contributed by atoms with Crippen LogP contribution in [-0.4, -0.2) is 43.5 Å². The second kappa shape index (κ2) is 7.01. The normalized spacial score (nSPS) is 13.9. The van der Waals surface area contributed by atoms with Gasteiger partial charge in [-0.3, -0.25) is 23.3 Å². The summed E-state index contributed by atoms with van der Waals surface area (Å²) >= 11 is 0. The van der Waals surface area contributed by atoms with Crippen LogP contribution < -0.4 is 16.3 Å². The van der Waals surface area contributed by atoms with Gasteiger partial charge in [0.1, 0.15) is 6.54 Å². The van der Waals surface area contributed by atoms with E-state index in [4.69, 9.17) is 4.74 Å². The zero-order valence-corrected chi connectivity index (χ0v) is 16.2. The molecular formula is C17H24N6O4. The van der Waals surface area contributed by atoms with Crippen LogP contribution >= 0.6 is 0 Å². The van der Waals surface area contributed by atoms with E-state index in [9.17, 15) is 14.4 Å². The summed E-state index contributed by atoms with van der Waals surface area (Å²) in [6, 6.07) is 0. The topological polar surface area (TPSA) is 104 Å². The molecule has 0 atom stereocenters. The maximum Gasteiger partial charge on any atom is 0.332 e. The summed E-state index contributed by atoms with van der Waals surface area (Å²) in [5.74, 6) is 0.0407. The Bertz CT molecular complexity index is 1040. The fourth-order valence-corrected chi connectivity index (χ4v) is 3.18. The van der Waals surface area contributed by atoms with Gasteiger partial charge in [-0.25, -0.2) is 9.80 Å². The van der Waals surface area contributed by atoms with Crippen molar-refractivity contribution in [3.63, 3.8) is 0 Å². The quantitative estimate of drug-likeness (QED) is 0.696.